The van der Waals surface area contributed by atoms with Gasteiger partial charge in [-0.05, 0) is 13.3 Å². The van der Waals surface area contributed by atoms with Crippen LogP contribution in [0.2, 0.25) is 0 Å². The molecule has 6 nitrogen and oxygen atoms in total. The first-order chi connectivity index (χ1) is 11.1. The Morgan fingerprint density at radius 1 is 1.48 bits per heavy atom. The minimum atomic E-state index is -0.811. The Balaban J connectivity index is 1.59. The number of aryl methyl sites for hydroxylation is 1. The number of hydrogen-bond acceptors (Lipinski definition) is 7. The van der Waals surface area contributed by atoms with Crippen LogP contribution in [0.5, 0.6) is 0 Å². The summed E-state index contributed by atoms with van der Waals surface area (Å²) in [5, 5.41) is 14.9. The SMILES string of the molecule is Cc1nc(CN2C[C@@H](F)C[C@H]2CNc2cnc(C#N)cn2)cs1. The maximum Gasteiger partial charge on any atom is 0.158 e. The van der Waals surface area contributed by atoms with Crippen LogP contribution in [0.4, 0.5) is 10.2 Å². The molecule has 2 aromatic rings. The van der Waals surface area contributed by atoms with Gasteiger partial charge >= 0.3 is 0 Å². The first kappa shape index (κ1) is 15.8. The molecule has 1 aliphatic rings. The van der Waals surface area contributed by atoms with Crippen LogP contribution in [0.15, 0.2) is 17.8 Å². The van der Waals surface area contributed by atoms with Crippen molar-refractivity contribution in [2.45, 2.75) is 32.1 Å². The highest BCUT2D eigenvalue weighted by Gasteiger charge is 2.32. The molecule has 3 heterocycles. The summed E-state index contributed by atoms with van der Waals surface area (Å²) in [5.74, 6) is 0.593. The highest BCUT2D eigenvalue weighted by atomic mass is 32.1. The molecular weight excluding hydrogens is 315 g/mol. The molecule has 1 aliphatic heterocycles. The van der Waals surface area contributed by atoms with Crippen LogP contribution in [0.1, 0.15) is 22.8 Å². The van der Waals surface area contributed by atoms with Gasteiger partial charge in [-0.15, -0.1) is 11.3 Å². The van der Waals surface area contributed by atoms with Gasteiger partial charge in [0.05, 0.1) is 23.1 Å². The van der Waals surface area contributed by atoms with Crippen molar-refractivity contribution in [2.24, 2.45) is 0 Å². The quantitative estimate of drug-likeness (QED) is 0.904. The van der Waals surface area contributed by atoms with Gasteiger partial charge < -0.3 is 5.32 Å². The highest BCUT2D eigenvalue weighted by Crippen LogP contribution is 2.23. The third-order valence-corrected chi connectivity index (χ3v) is 4.62. The van der Waals surface area contributed by atoms with Gasteiger partial charge in [-0.3, -0.25) is 4.90 Å². The van der Waals surface area contributed by atoms with Crippen LogP contribution in [0.25, 0.3) is 0 Å². The molecule has 23 heavy (non-hydrogen) atoms. The molecule has 3 rings (SSSR count). The van der Waals surface area contributed by atoms with Crippen molar-refractivity contribution >= 4 is 17.2 Å². The van der Waals surface area contributed by atoms with Crippen LogP contribution < -0.4 is 5.32 Å². The van der Waals surface area contributed by atoms with Gasteiger partial charge in [-0.25, -0.2) is 19.3 Å². The van der Waals surface area contributed by atoms with E-state index < -0.39 is 6.17 Å². The maximum atomic E-state index is 13.8. The predicted molar refractivity (Wildman–Crippen MR) is 85.8 cm³/mol. The lowest BCUT2D eigenvalue weighted by Crippen LogP contribution is -2.34. The van der Waals surface area contributed by atoms with Gasteiger partial charge in [0.2, 0.25) is 0 Å². The third kappa shape index (κ3) is 4.00. The van der Waals surface area contributed by atoms with E-state index in [9.17, 15) is 4.39 Å². The Bertz CT molecular complexity index is 695. The van der Waals surface area contributed by atoms with Crippen molar-refractivity contribution in [1.82, 2.24) is 19.9 Å². The Kier molecular flexibility index (Phi) is 4.79. The molecule has 1 fully saturated rings. The smallest absolute Gasteiger partial charge is 0.158 e. The van der Waals surface area contributed by atoms with E-state index in [1.807, 2.05) is 18.4 Å². The van der Waals surface area contributed by atoms with Crippen molar-refractivity contribution in [3.63, 3.8) is 0 Å². The maximum absolute atomic E-state index is 13.8. The average Bonchev–Trinajstić information content (AvgIpc) is 3.11. The number of thiazole rings is 1. The zero-order valence-electron chi connectivity index (χ0n) is 12.7. The number of anilines is 1. The van der Waals surface area contributed by atoms with Crippen LogP contribution in [-0.2, 0) is 6.54 Å². The van der Waals surface area contributed by atoms with Gasteiger partial charge in [0.1, 0.15) is 18.1 Å². The molecule has 1 saturated heterocycles. The zero-order valence-corrected chi connectivity index (χ0v) is 13.6. The van der Waals surface area contributed by atoms with Crippen LogP contribution in [-0.4, -0.2) is 45.2 Å². The van der Waals surface area contributed by atoms with E-state index in [1.54, 1.807) is 11.3 Å². The summed E-state index contributed by atoms with van der Waals surface area (Å²) >= 11 is 1.61. The fraction of sp³-hybridized carbons (Fsp3) is 0.467. The van der Waals surface area contributed by atoms with Crippen molar-refractivity contribution in [2.75, 3.05) is 18.4 Å². The summed E-state index contributed by atoms with van der Waals surface area (Å²) in [6, 6.07) is 2.02. The first-order valence-corrected chi connectivity index (χ1v) is 8.27. The molecule has 1 N–H and O–H groups in total. The van der Waals surface area contributed by atoms with Crippen LogP contribution in [0, 0.1) is 18.3 Å². The average molecular weight is 332 g/mol. The van der Waals surface area contributed by atoms with Crippen molar-refractivity contribution in [1.29, 1.82) is 5.26 Å². The number of nitrogens with zero attached hydrogens (tertiary/aromatic N) is 5. The second-order valence-corrected chi connectivity index (χ2v) is 6.62. The van der Waals surface area contributed by atoms with Gasteiger partial charge in [-0.1, -0.05) is 0 Å². The zero-order chi connectivity index (χ0) is 16.2. The van der Waals surface area contributed by atoms with E-state index in [0.717, 1.165) is 10.7 Å². The second-order valence-electron chi connectivity index (χ2n) is 5.55. The fourth-order valence-corrected chi connectivity index (χ4v) is 3.32. The molecule has 2 aromatic heterocycles. The largest absolute Gasteiger partial charge is 0.367 e. The lowest BCUT2D eigenvalue weighted by molar-refractivity contribution is 0.239. The molecular formula is C15H17FN6S. The van der Waals surface area contributed by atoms with E-state index in [1.165, 1.54) is 12.4 Å². The van der Waals surface area contributed by atoms with Gasteiger partial charge in [0, 0.05) is 31.1 Å². The number of nitrogens with one attached hydrogen (secondary N) is 1. The summed E-state index contributed by atoms with van der Waals surface area (Å²) < 4.78 is 13.8. The number of nitriles is 1. The third-order valence-electron chi connectivity index (χ3n) is 3.79. The standard InChI is InChI=1S/C15H17FN6S/c1-10-21-13(9-23-10)8-22-7-11(16)2-14(22)5-20-15-6-18-12(3-17)4-19-15/h4,6,9,11,14H,2,5,7-8H2,1H3,(H,19,20)/t11-,14-/m0/s1. The number of aromatic nitrogens is 3. The number of hydrogen-bond donors (Lipinski definition) is 1. The van der Waals surface area contributed by atoms with E-state index in [4.69, 9.17) is 5.26 Å². The number of rotatable bonds is 5. The molecule has 0 aliphatic carbocycles. The Labute approximate surface area is 138 Å². The van der Waals surface area contributed by atoms with Crippen molar-refractivity contribution < 1.29 is 4.39 Å². The van der Waals surface area contributed by atoms with Crippen LogP contribution in [0.3, 0.4) is 0 Å². The topological polar surface area (TPSA) is 77.7 Å². The van der Waals surface area contributed by atoms with Gasteiger partial charge in [0.15, 0.2) is 5.69 Å². The van der Waals surface area contributed by atoms with Crippen LogP contribution >= 0.6 is 11.3 Å². The van der Waals surface area contributed by atoms with Gasteiger partial charge in [0.25, 0.3) is 0 Å². The van der Waals surface area contributed by atoms with E-state index in [0.29, 0.717) is 31.9 Å². The molecule has 0 radical (unpaired) electrons. The van der Waals surface area contributed by atoms with Gasteiger partial charge in [-0.2, -0.15) is 5.26 Å². The highest BCUT2D eigenvalue weighted by molar-refractivity contribution is 7.09. The molecule has 0 amide bonds. The minimum absolute atomic E-state index is 0.0875. The normalized spacial score (nSPS) is 21.3. The number of halogens is 1. The molecule has 0 saturated carbocycles. The lowest BCUT2D eigenvalue weighted by atomic mass is 10.2. The molecule has 0 aromatic carbocycles. The molecule has 120 valence electrons. The van der Waals surface area contributed by atoms with E-state index in [-0.39, 0.29) is 11.7 Å². The lowest BCUT2D eigenvalue weighted by Gasteiger charge is -2.23. The molecule has 8 heteroatoms. The summed E-state index contributed by atoms with van der Waals surface area (Å²) in [6.07, 6.45) is 2.63. The van der Waals surface area contributed by atoms with E-state index in [2.05, 4.69) is 25.2 Å². The summed E-state index contributed by atoms with van der Waals surface area (Å²) in [4.78, 5) is 14.7. The fourth-order valence-electron chi connectivity index (χ4n) is 2.72. The molecule has 0 bridgehead atoms. The predicted octanol–water partition coefficient (Wildman–Crippen LogP) is 2.14. The minimum Gasteiger partial charge on any atom is -0.367 e. The Hall–Kier alpha value is -2.11. The number of alkyl halides is 1. The van der Waals surface area contributed by atoms with Crippen molar-refractivity contribution in [3.8, 4) is 6.07 Å². The van der Waals surface area contributed by atoms with Crippen molar-refractivity contribution in [3.05, 3.63) is 34.2 Å². The van der Waals surface area contributed by atoms with E-state index >= 15 is 0 Å². The second kappa shape index (κ2) is 6.98. The summed E-state index contributed by atoms with van der Waals surface area (Å²) in [5.41, 5.74) is 1.27. The molecule has 0 spiro atoms. The molecule has 0 unspecified atom stereocenters. The first-order valence-electron chi connectivity index (χ1n) is 7.39. The summed E-state index contributed by atoms with van der Waals surface area (Å²) in [7, 11) is 0. The monoisotopic (exact) mass is 332 g/mol. The molecule has 2 atom stereocenters. The Morgan fingerprint density at radius 3 is 3.00 bits per heavy atom. The summed E-state index contributed by atoms with van der Waals surface area (Å²) in [6.45, 7) is 3.65. The number of likely N-dealkylation sites (tertiary alicyclic amines) is 1. The Morgan fingerprint density at radius 2 is 2.35 bits per heavy atom.